The third kappa shape index (κ3) is 1.54. The first-order chi connectivity index (χ1) is 10.7. The molecule has 0 radical (unpaired) electrons. The number of benzene rings is 2. The average molecular weight is 313 g/mol. The van der Waals surface area contributed by atoms with Crippen LogP contribution in [0.1, 0.15) is 13.3 Å². The molecule has 0 amide bonds. The molecule has 0 saturated heterocycles. The lowest BCUT2D eigenvalue weighted by Gasteiger charge is -2.34. The Balaban J connectivity index is 1.96. The third-order valence-corrected chi connectivity index (χ3v) is 8.35. The van der Waals surface area contributed by atoms with Crippen LogP contribution in [0.2, 0.25) is 0 Å². The van der Waals surface area contributed by atoms with E-state index in [4.69, 9.17) is 0 Å². The maximum Gasteiger partial charge on any atom is 0.382 e. The molecule has 22 heavy (non-hydrogen) atoms. The van der Waals surface area contributed by atoms with E-state index in [2.05, 4.69) is 88.6 Å². The standard InChI is InChI=1S/C17H22N4P/c1-4-13-18-22-19(2)14-9-5-7-11-16(14)21(22)17-12-8-6-10-15(17)20(22)3/h5-12,18H,4,13H2,1-3H3/q+1. The fourth-order valence-corrected chi connectivity index (χ4v) is 7.49. The van der Waals surface area contributed by atoms with Gasteiger partial charge >= 0.3 is 7.87 Å². The van der Waals surface area contributed by atoms with Gasteiger partial charge in [-0.2, -0.15) is 14.0 Å². The summed E-state index contributed by atoms with van der Waals surface area (Å²) in [5.41, 5.74) is 5.22. The van der Waals surface area contributed by atoms with Gasteiger partial charge in [0.05, 0.1) is 0 Å². The molecule has 114 valence electrons. The van der Waals surface area contributed by atoms with Gasteiger partial charge in [-0.05, 0) is 30.7 Å². The predicted molar refractivity (Wildman–Crippen MR) is 97.0 cm³/mol. The van der Waals surface area contributed by atoms with Crippen LogP contribution in [0.25, 0.3) is 0 Å². The lowest BCUT2D eigenvalue weighted by molar-refractivity contribution is 0.850. The minimum atomic E-state index is -1.82. The van der Waals surface area contributed by atoms with Gasteiger partial charge in [0.15, 0.2) is 0 Å². The Kier molecular flexibility index (Phi) is 3.07. The summed E-state index contributed by atoms with van der Waals surface area (Å²) < 4.78 is 7.45. The molecule has 5 heteroatoms. The highest BCUT2D eigenvalue weighted by atomic mass is 31.2. The molecule has 0 atom stereocenters. The topological polar surface area (TPSA) is 21.8 Å². The highest BCUT2D eigenvalue weighted by molar-refractivity contribution is 7.80. The van der Waals surface area contributed by atoms with Crippen LogP contribution in [-0.4, -0.2) is 20.6 Å². The summed E-state index contributed by atoms with van der Waals surface area (Å²) in [5.74, 6) is 0. The highest BCUT2D eigenvalue weighted by Crippen LogP contribution is 2.79. The number of nitrogens with zero attached hydrogens (tertiary/aromatic N) is 3. The maximum absolute atomic E-state index is 3.89. The van der Waals surface area contributed by atoms with Crippen LogP contribution in [-0.2, 0) is 0 Å². The zero-order valence-electron chi connectivity index (χ0n) is 13.3. The second kappa shape index (κ2) is 4.87. The van der Waals surface area contributed by atoms with Crippen LogP contribution in [0.3, 0.4) is 0 Å². The van der Waals surface area contributed by atoms with Crippen molar-refractivity contribution in [3.63, 3.8) is 0 Å². The van der Waals surface area contributed by atoms with Crippen molar-refractivity contribution >= 4 is 30.6 Å². The summed E-state index contributed by atoms with van der Waals surface area (Å²) >= 11 is 0. The summed E-state index contributed by atoms with van der Waals surface area (Å²) in [7, 11) is 2.62. The molecule has 0 saturated carbocycles. The zero-order chi connectivity index (χ0) is 15.3. The Morgan fingerprint density at radius 3 is 1.73 bits per heavy atom. The summed E-state index contributed by atoms with van der Waals surface area (Å²) in [5, 5.41) is 3.89. The van der Waals surface area contributed by atoms with Crippen LogP contribution in [0.4, 0.5) is 22.7 Å². The number of anilines is 4. The van der Waals surface area contributed by atoms with Crippen molar-refractivity contribution in [2.75, 3.05) is 34.7 Å². The molecule has 0 bridgehead atoms. The van der Waals surface area contributed by atoms with Gasteiger partial charge in [0.25, 0.3) is 0 Å². The van der Waals surface area contributed by atoms with Gasteiger partial charge in [-0.1, -0.05) is 31.2 Å². The van der Waals surface area contributed by atoms with E-state index in [1.54, 1.807) is 0 Å². The van der Waals surface area contributed by atoms with Crippen molar-refractivity contribution < 1.29 is 0 Å². The Labute approximate surface area is 132 Å². The minimum Gasteiger partial charge on any atom is -0.194 e. The second-order valence-corrected chi connectivity index (χ2v) is 8.87. The van der Waals surface area contributed by atoms with Crippen LogP contribution >= 0.6 is 7.87 Å². The van der Waals surface area contributed by atoms with Crippen molar-refractivity contribution in [3.05, 3.63) is 48.5 Å². The number of para-hydroxylation sites is 4. The lowest BCUT2D eigenvalue weighted by Crippen LogP contribution is -2.41. The SMILES string of the molecule is CCCN[P+]12N(C)c3ccccc3N1c1ccccc1N2C. The van der Waals surface area contributed by atoms with E-state index in [1.165, 1.54) is 22.7 Å². The fraction of sp³-hybridized carbons (Fsp3) is 0.294. The van der Waals surface area contributed by atoms with E-state index in [0.717, 1.165) is 13.0 Å². The molecule has 0 spiro atoms. The number of nitrogens with one attached hydrogen (secondary N) is 1. The summed E-state index contributed by atoms with van der Waals surface area (Å²) in [6.45, 7) is 3.24. The van der Waals surface area contributed by atoms with Crippen LogP contribution in [0, 0.1) is 0 Å². The van der Waals surface area contributed by atoms with Gasteiger partial charge in [-0.3, -0.25) is 0 Å². The number of hydrogen-bond acceptors (Lipinski definition) is 4. The molecular formula is C17H22N4P+. The predicted octanol–water partition coefficient (Wildman–Crippen LogP) is 4.40. The molecule has 2 aliphatic heterocycles. The Bertz CT molecular complexity index is 664. The van der Waals surface area contributed by atoms with Gasteiger partial charge < -0.3 is 0 Å². The largest absolute Gasteiger partial charge is 0.382 e. The van der Waals surface area contributed by atoms with Gasteiger partial charge in [-0.25, -0.2) is 0 Å². The fourth-order valence-electron chi connectivity index (χ4n) is 3.58. The minimum absolute atomic E-state index is 1.01. The van der Waals surface area contributed by atoms with Crippen LogP contribution in [0.5, 0.6) is 0 Å². The second-order valence-electron chi connectivity index (χ2n) is 5.81. The van der Waals surface area contributed by atoms with E-state index in [0.29, 0.717) is 0 Å². The van der Waals surface area contributed by atoms with Gasteiger partial charge in [0.1, 0.15) is 22.7 Å². The normalized spacial score (nSPS) is 17.5. The van der Waals surface area contributed by atoms with E-state index < -0.39 is 7.87 Å². The number of fused-ring (bicyclic) bond motifs is 5. The molecule has 1 N–H and O–H groups in total. The number of hydrogen-bond donors (Lipinski definition) is 1. The molecule has 0 fully saturated rings. The third-order valence-electron chi connectivity index (χ3n) is 4.61. The first-order valence-electron chi connectivity index (χ1n) is 7.83. The molecule has 0 aliphatic carbocycles. The number of rotatable bonds is 3. The van der Waals surface area contributed by atoms with Crippen molar-refractivity contribution in [1.82, 2.24) is 5.09 Å². The van der Waals surface area contributed by atoms with Crippen molar-refractivity contribution in [3.8, 4) is 0 Å². The molecule has 4 rings (SSSR count). The van der Waals surface area contributed by atoms with E-state index in [-0.39, 0.29) is 0 Å². The van der Waals surface area contributed by atoms with Crippen LogP contribution in [0.15, 0.2) is 48.5 Å². The quantitative estimate of drug-likeness (QED) is 0.848. The molecule has 2 aliphatic rings. The van der Waals surface area contributed by atoms with Gasteiger partial charge in [0, 0.05) is 20.6 Å². The molecule has 0 unspecified atom stereocenters. The average Bonchev–Trinajstić information content (AvgIpc) is 2.96. The maximum atomic E-state index is 3.89. The van der Waals surface area contributed by atoms with Gasteiger partial charge in [-0.15, -0.1) is 5.09 Å². The van der Waals surface area contributed by atoms with E-state index >= 15 is 0 Å². The Hall–Kier alpha value is -1.77. The van der Waals surface area contributed by atoms with Gasteiger partial charge in [0.2, 0.25) is 0 Å². The lowest BCUT2D eigenvalue weighted by atomic mass is 10.2. The molecule has 0 aromatic heterocycles. The first-order valence-corrected chi connectivity index (χ1v) is 9.48. The molecule has 2 aromatic rings. The molecule has 2 aromatic carbocycles. The zero-order valence-corrected chi connectivity index (χ0v) is 14.2. The highest BCUT2D eigenvalue weighted by Gasteiger charge is 2.66. The van der Waals surface area contributed by atoms with Crippen molar-refractivity contribution in [2.45, 2.75) is 13.3 Å². The van der Waals surface area contributed by atoms with E-state index in [1.807, 2.05) is 0 Å². The smallest absolute Gasteiger partial charge is 0.194 e. The molecule has 2 heterocycles. The van der Waals surface area contributed by atoms with Crippen LogP contribution < -0.4 is 19.1 Å². The van der Waals surface area contributed by atoms with E-state index in [9.17, 15) is 0 Å². The summed E-state index contributed by atoms with van der Waals surface area (Å²) in [6.07, 6.45) is 1.13. The monoisotopic (exact) mass is 313 g/mol. The van der Waals surface area contributed by atoms with Crippen molar-refractivity contribution in [2.24, 2.45) is 0 Å². The first kappa shape index (κ1) is 13.9. The molecular weight excluding hydrogens is 291 g/mol. The Morgan fingerprint density at radius 1 is 0.818 bits per heavy atom. The Morgan fingerprint density at radius 2 is 1.27 bits per heavy atom. The summed E-state index contributed by atoms with van der Waals surface area (Å²) in [4.78, 5) is 0. The van der Waals surface area contributed by atoms with Crippen molar-refractivity contribution in [1.29, 1.82) is 0 Å². The molecule has 4 nitrogen and oxygen atoms in total. The summed E-state index contributed by atoms with van der Waals surface area (Å²) in [6, 6.07) is 17.4.